The first-order chi connectivity index (χ1) is 13.1. The van der Waals surface area contributed by atoms with Crippen LogP contribution >= 0.6 is 0 Å². The Bertz CT molecular complexity index is 609. The van der Waals surface area contributed by atoms with Crippen molar-refractivity contribution in [3.8, 4) is 0 Å². The number of nitrogens with one attached hydrogen (secondary N) is 2. The number of likely N-dealkylation sites (tertiary alicyclic amines) is 1. The minimum absolute atomic E-state index is 0.00517. The summed E-state index contributed by atoms with van der Waals surface area (Å²) in [5, 5.41) is 5.95. The Labute approximate surface area is 159 Å². The number of anilines is 1. The van der Waals surface area contributed by atoms with Crippen molar-refractivity contribution in [3.05, 3.63) is 30.1 Å². The van der Waals surface area contributed by atoms with E-state index in [-0.39, 0.29) is 18.3 Å². The molecule has 1 heterocycles. The fourth-order valence-corrected chi connectivity index (χ4v) is 2.86. The van der Waals surface area contributed by atoms with Gasteiger partial charge in [-0.05, 0) is 37.6 Å². The smallest absolute Gasteiger partial charge is 0.246 e. The molecule has 0 spiro atoms. The fraction of sp³-hybridized carbons (Fsp3) is 0.579. The molecule has 2 rings (SSSR count). The van der Waals surface area contributed by atoms with Crippen LogP contribution in [0, 0.1) is 11.7 Å². The molecule has 2 N–H and O–H groups in total. The molecule has 1 fully saturated rings. The first-order valence-corrected chi connectivity index (χ1v) is 9.27. The number of amides is 1. The van der Waals surface area contributed by atoms with Crippen LogP contribution in [0.1, 0.15) is 13.3 Å². The maximum absolute atomic E-state index is 12.9. The Kier molecular flexibility index (Phi) is 9.00. The summed E-state index contributed by atoms with van der Waals surface area (Å²) in [7, 11) is 1.66. The highest BCUT2D eigenvalue weighted by Gasteiger charge is 2.25. The number of benzene rings is 1. The summed E-state index contributed by atoms with van der Waals surface area (Å²) in [4.78, 5) is 18.7. The van der Waals surface area contributed by atoms with Crippen LogP contribution in [0.5, 0.6) is 0 Å². The van der Waals surface area contributed by atoms with Crippen LogP contribution in [0.3, 0.4) is 0 Å². The maximum atomic E-state index is 12.9. The first kappa shape index (κ1) is 21.1. The average Bonchev–Trinajstić information content (AvgIpc) is 3.13. The molecule has 1 aliphatic rings. The number of carbonyl (C=O) groups excluding carboxylic acids is 1. The minimum atomic E-state index is -0.338. The quantitative estimate of drug-likeness (QED) is 0.388. The number of hydrogen-bond donors (Lipinski definition) is 2. The Morgan fingerprint density at radius 3 is 2.81 bits per heavy atom. The van der Waals surface area contributed by atoms with Crippen molar-refractivity contribution in [1.82, 2.24) is 10.2 Å². The van der Waals surface area contributed by atoms with Gasteiger partial charge < -0.3 is 25.0 Å². The van der Waals surface area contributed by atoms with Gasteiger partial charge in [-0.3, -0.25) is 4.79 Å². The van der Waals surface area contributed by atoms with E-state index in [1.807, 2.05) is 6.92 Å². The van der Waals surface area contributed by atoms with E-state index in [2.05, 4.69) is 20.5 Å². The molecule has 27 heavy (non-hydrogen) atoms. The summed E-state index contributed by atoms with van der Waals surface area (Å²) >= 11 is 0. The predicted octanol–water partition coefficient (Wildman–Crippen LogP) is 1.71. The molecule has 150 valence electrons. The molecular formula is C19H29FN4O3. The standard InChI is InChI=1S/C19H29FN4O3/c1-3-21-19(24-9-8-15(13-24)14-27-11-10-26-2)22-12-18(25)23-17-6-4-16(20)5-7-17/h4-7,15H,3,8-14H2,1-2H3,(H,21,22)(H,23,25). The van der Waals surface area contributed by atoms with Crippen molar-refractivity contribution in [2.24, 2.45) is 10.9 Å². The Hall–Kier alpha value is -2.19. The first-order valence-electron chi connectivity index (χ1n) is 9.27. The van der Waals surface area contributed by atoms with Crippen LogP contribution in [0.15, 0.2) is 29.3 Å². The van der Waals surface area contributed by atoms with Crippen molar-refractivity contribution in [3.63, 3.8) is 0 Å². The molecule has 1 aromatic rings. The lowest BCUT2D eigenvalue weighted by Crippen LogP contribution is -2.40. The fourth-order valence-electron chi connectivity index (χ4n) is 2.86. The van der Waals surface area contributed by atoms with Gasteiger partial charge in [0, 0.05) is 38.3 Å². The van der Waals surface area contributed by atoms with Gasteiger partial charge in [-0.15, -0.1) is 0 Å². The number of methoxy groups -OCH3 is 1. The molecule has 1 unspecified atom stereocenters. The molecule has 0 aromatic heterocycles. The number of guanidine groups is 1. The monoisotopic (exact) mass is 380 g/mol. The number of hydrogen-bond acceptors (Lipinski definition) is 4. The SMILES string of the molecule is CCNC(=NCC(=O)Nc1ccc(F)cc1)N1CCC(COCCOC)C1. The van der Waals surface area contributed by atoms with E-state index in [1.165, 1.54) is 24.3 Å². The van der Waals surface area contributed by atoms with Gasteiger partial charge >= 0.3 is 0 Å². The lowest BCUT2D eigenvalue weighted by atomic mass is 10.1. The van der Waals surface area contributed by atoms with Crippen LogP contribution in [0.4, 0.5) is 10.1 Å². The molecule has 1 aliphatic heterocycles. The van der Waals surface area contributed by atoms with Crippen molar-refractivity contribution >= 4 is 17.6 Å². The Morgan fingerprint density at radius 1 is 1.33 bits per heavy atom. The topological polar surface area (TPSA) is 75.2 Å². The van der Waals surface area contributed by atoms with Crippen LogP contribution < -0.4 is 10.6 Å². The van der Waals surface area contributed by atoms with Crippen molar-refractivity contribution < 1.29 is 18.7 Å². The summed E-state index contributed by atoms with van der Waals surface area (Å²) in [6.45, 7) is 6.35. The summed E-state index contributed by atoms with van der Waals surface area (Å²) in [6.07, 6.45) is 1.03. The van der Waals surface area contributed by atoms with Gasteiger partial charge in [0.2, 0.25) is 5.91 Å². The second kappa shape index (κ2) is 11.5. The molecule has 0 aliphatic carbocycles. The number of aliphatic imine (C=N–C) groups is 1. The molecule has 0 saturated carbocycles. The highest BCUT2D eigenvalue weighted by Crippen LogP contribution is 2.16. The summed E-state index contributed by atoms with van der Waals surface area (Å²) in [5.41, 5.74) is 0.552. The van der Waals surface area contributed by atoms with Gasteiger partial charge in [0.1, 0.15) is 12.4 Å². The largest absolute Gasteiger partial charge is 0.382 e. The predicted molar refractivity (Wildman–Crippen MR) is 103 cm³/mol. The maximum Gasteiger partial charge on any atom is 0.246 e. The molecule has 1 saturated heterocycles. The van der Waals surface area contributed by atoms with Crippen LogP contribution in [-0.2, 0) is 14.3 Å². The molecule has 8 heteroatoms. The zero-order chi connectivity index (χ0) is 19.5. The van der Waals surface area contributed by atoms with Gasteiger partial charge in [-0.25, -0.2) is 9.38 Å². The van der Waals surface area contributed by atoms with Crippen molar-refractivity contribution in [1.29, 1.82) is 0 Å². The highest BCUT2D eigenvalue weighted by molar-refractivity contribution is 5.94. The number of ether oxygens (including phenoxy) is 2. The normalized spacial score (nSPS) is 17.2. The lowest BCUT2D eigenvalue weighted by Gasteiger charge is -2.21. The van der Waals surface area contributed by atoms with E-state index in [0.717, 1.165) is 32.0 Å². The highest BCUT2D eigenvalue weighted by atomic mass is 19.1. The minimum Gasteiger partial charge on any atom is -0.382 e. The molecule has 7 nitrogen and oxygen atoms in total. The second-order valence-corrected chi connectivity index (χ2v) is 6.39. The molecule has 1 atom stereocenters. The van der Waals surface area contributed by atoms with Gasteiger partial charge in [0.15, 0.2) is 5.96 Å². The number of rotatable bonds is 9. The molecule has 0 radical (unpaired) electrons. The second-order valence-electron chi connectivity index (χ2n) is 6.39. The van der Waals surface area contributed by atoms with Crippen LogP contribution in [0.2, 0.25) is 0 Å². The third-order valence-electron chi connectivity index (χ3n) is 4.21. The third-order valence-corrected chi connectivity index (χ3v) is 4.21. The number of nitrogens with zero attached hydrogens (tertiary/aromatic N) is 2. The number of halogens is 1. The van der Waals surface area contributed by atoms with E-state index in [0.29, 0.717) is 31.4 Å². The third kappa shape index (κ3) is 7.52. The van der Waals surface area contributed by atoms with Crippen molar-refractivity contribution in [2.75, 3.05) is 58.4 Å². The van der Waals surface area contributed by atoms with Gasteiger partial charge in [-0.1, -0.05) is 0 Å². The molecular weight excluding hydrogens is 351 g/mol. The number of carbonyl (C=O) groups is 1. The van der Waals surface area contributed by atoms with E-state index < -0.39 is 0 Å². The summed E-state index contributed by atoms with van der Waals surface area (Å²) in [6, 6.07) is 5.66. The lowest BCUT2D eigenvalue weighted by molar-refractivity contribution is -0.114. The van der Waals surface area contributed by atoms with E-state index in [9.17, 15) is 9.18 Å². The zero-order valence-corrected chi connectivity index (χ0v) is 16.0. The summed E-state index contributed by atoms with van der Waals surface area (Å²) in [5.74, 6) is 0.593. The zero-order valence-electron chi connectivity index (χ0n) is 16.0. The Balaban J connectivity index is 1.82. The van der Waals surface area contributed by atoms with Crippen molar-refractivity contribution in [2.45, 2.75) is 13.3 Å². The average molecular weight is 380 g/mol. The van der Waals surface area contributed by atoms with Gasteiger partial charge in [-0.2, -0.15) is 0 Å². The van der Waals surface area contributed by atoms with E-state index >= 15 is 0 Å². The molecule has 1 aromatic carbocycles. The Morgan fingerprint density at radius 2 is 2.11 bits per heavy atom. The van der Waals surface area contributed by atoms with E-state index in [1.54, 1.807) is 7.11 Å². The van der Waals surface area contributed by atoms with Crippen LogP contribution in [-0.4, -0.2) is 69.9 Å². The molecule has 1 amide bonds. The van der Waals surface area contributed by atoms with Gasteiger partial charge in [0.05, 0.1) is 19.8 Å². The summed E-state index contributed by atoms with van der Waals surface area (Å²) < 4.78 is 23.5. The van der Waals surface area contributed by atoms with Crippen LogP contribution in [0.25, 0.3) is 0 Å². The van der Waals surface area contributed by atoms with E-state index in [4.69, 9.17) is 9.47 Å². The van der Waals surface area contributed by atoms with Gasteiger partial charge in [0.25, 0.3) is 0 Å². The molecule has 0 bridgehead atoms.